The van der Waals surface area contributed by atoms with Crippen LogP contribution in [0.2, 0.25) is 0 Å². The Morgan fingerprint density at radius 1 is 1.09 bits per heavy atom. The molecule has 0 aliphatic carbocycles. The first-order chi connectivity index (χ1) is 5.41. The summed E-state index contributed by atoms with van der Waals surface area (Å²) in [4.78, 5) is 0. The van der Waals surface area contributed by atoms with Crippen molar-refractivity contribution < 1.29 is 0 Å². The molecule has 0 aromatic carbocycles. The first-order valence-electron chi connectivity index (χ1n) is 4.27. The molecule has 11 heavy (non-hydrogen) atoms. The number of allylic oxidation sites excluding steroid dienone is 4. The second kappa shape index (κ2) is 9.77. The van der Waals surface area contributed by atoms with Crippen LogP contribution in [0, 0.1) is 0 Å². The van der Waals surface area contributed by atoms with Gasteiger partial charge in [0.25, 0.3) is 0 Å². The first kappa shape index (κ1) is 10.8. The predicted molar refractivity (Wildman–Crippen MR) is 53.1 cm³/mol. The lowest BCUT2D eigenvalue weighted by Crippen LogP contribution is -1.70. The second-order valence-corrected chi connectivity index (χ2v) is 2.80. The molecule has 0 aliphatic rings. The Kier molecular flexibility index (Phi) is 9.57. The van der Waals surface area contributed by atoms with Crippen LogP contribution in [0.25, 0.3) is 0 Å². The highest BCUT2D eigenvalue weighted by molar-refractivity contribution is 6.17. The van der Waals surface area contributed by atoms with Gasteiger partial charge < -0.3 is 0 Å². The highest BCUT2D eigenvalue weighted by atomic mass is 35.5. The maximum absolute atomic E-state index is 5.52. The third-order valence-corrected chi connectivity index (χ3v) is 1.61. The molecule has 0 heterocycles. The summed E-state index contributed by atoms with van der Waals surface area (Å²) in [5.41, 5.74) is 0. The molecular formula is C10H17Cl. The Hall–Kier alpha value is -0.230. The summed E-state index contributed by atoms with van der Waals surface area (Å²) in [6.45, 7) is 2.15. The molecule has 0 unspecified atom stereocenters. The minimum absolute atomic E-state index is 0.773. The van der Waals surface area contributed by atoms with E-state index in [-0.39, 0.29) is 0 Å². The molecule has 0 fully saturated rings. The molecule has 0 amide bonds. The van der Waals surface area contributed by atoms with Gasteiger partial charge in [0.2, 0.25) is 0 Å². The van der Waals surface area contributed by atoms with Crippen molar-refractivity contribution in [1.82, 2.24) is 0 Å². The van der Waals surface area contributed by atoms with E-state index in [1.165, 1.54) is 0 Å². The molecule has 0 aromatic rings. The molecule has 0 radical (unpaired) electrons. The van der Waals surface area contributed by atoms with Crippen LogP contribution in [-0.2, 0) is 0 Å². The van der Waals surface area contributed by atoms with Gasteiger partial charge in [0.1, 0.15) is 0 Å². The van der Waals surface area contributed by atoms with Gasteiger partial charge in [-0.3, -0.25) is 0 Å². The molecule has 0 aliphatic heterocycles. The van der Waals surface area contributed by atoms with Crippen molar-refractivity contribution in [1.29, 1.82) is 0 Å². The van der Waals surface area contributed by atoms with Gasteiger partial charge >= 0.3 is 0 Å². The van der Waals surface area contributed by atoms with Gasteiger partial charge in [0.15, 0.2) is 0 Å². The van der Waals surface area contributed by atoms with E-state index in [1.807, 2.05) is 0 Å². The summed E-state index contributed by atoms with van der Waals surface area (Å²) in [6.07, 6.45) is 13.2. The maximum Gasteiger partial charge on any atom is 0.0226 e. The van der Waals surface area contributed by atoms with Gasteiger partial charge in [0, 0.05) is 5.88 Å². The van der Waals surface area contributed by atoms with Crippen LogP contribution in [-0.4, -0.2) is 5.88 Å². The zero-order valence-electron chi connectivity index (χ0n) is 7.22. The lowest BCUT2D eigenvalue weighted by atomic mass is 10.2. The molecule has 0 nitrogen and oxygen atoms in total. The van der Waals surface area contributed by atoms with Crippen LogP contribution in [0.4, 0.5) is 0 Å². The minimum atomic E-state index is 0.773. The predicted octanol–water partition coefficient (Wildman–Crippen LogP) is 3.92. The number of halogens is 1. The monoisotopic (exact) mass is 172 g/mol. The summed E-state index contributed by atoms with van der Waals surface area (Å²) >= 11 is 5.52. The van der Waals surface area contributed by atoms with Crippen LogP contribution in [0.1, 0.15) is 32.6 Å². The number of rotatable bonds is 6. The van der Waals surface area contributed by atoms with Crippen molar-refractivity contribution in [2.24, 2.45) is 0 Å². The third kappa shape index (κ3) is 9.77. The van der Waals surface area contributed by atoms with E-state index in [1.54, 1.807) is 0 Å². The zero-order chi connectivity index (χ0) is 8.36. The average molecular weight is 173 g/mol. The van der Waals surface area contributed by atoms with Crippen molar-refractivity contribution >= 4 is 11.6 Å². The molecule has 0 bridgehead atoms. The Balaban J connectivity index is 3.09. The minimum Gasteiger partial charge on any atom is -0.127 e. The normalized spacial score (nSPS) is 11.8. The lowest BCUT2D eigenvalue weighted by molar-refractivity contribution is 0.962. The van der Waals surface area contributed by atoms with Crippen molar-refractivity contribution in [2.75, 3.05) is 5.88 Å². The van der Waals surface area contributed by atoms with Gasteiger partial charge in [-0.05, 0) is 25.7 Å². The first-order valence-corrected chi connectivity index (χ1v) is 4.81. The standard InChI is InChI=1S/C10H17Cl/c1-2-3-4-5-6-7-8-9-10-11/h3-4,6-7H,2,5,8-10H2,1H3. The van der Waals surface area contributed by atoms with Gasteiger partial charge in [-0.15, -0.1) is 11.6 Å². The van der Waals surface area contributed by atoms with Crippen LogP contribution in [0.3, 0.4) is 0 Å². The largest absolute Gasteiger partial charge is 0.127 e. The molecule has 0 N–H and O–H groups in total. The summed E-state index contributed by atoms with van der Waals surface area (Å²) < 4.78 is 0. The van der Waals surface area contributed by atoms with Crippen LogP contribution < -0.4 is 0 Å². The Labute approximate surface area is 74.9 Å². The van der Waals surface area contributed by atoms with Crippen molar-refractivity contribution in [3.63, 3.8) is 0 Å². The van der Waals surface area contributed by atoms with Gasteiger partial charge in [-0.25, -0.2) is 0 Å². The van der Waals surface area contributed by atoms with E-state index < -0.39 is 0 Å². The Bertz CT molecular complexity index is 114. The van der Waals surface area contributed by atoms with Gasteiger partial charge in [-0.2, -0.15) is 0 Å². The van der Waals surface area contributed by atoms with E-state index >= 15 is 0 Å². The molecule has 0 spiro atoms. The molecule has 1 heteroatoms. The van der Waals surface area contributed by atoms with E-state index in [4.69, 9.17) is 11.6 Å². The fourth-order valence-electron chi connectivity index (χ4n) is 0.751. The lowest BCUT2D eigenvalue weighted by Gasteiger charge is -1.85. The number of hydrogen-bond donors (Lipinski definition) is 0. The number of hydrogen-bond acceptors (Lipinski definition) is 0. The molecule has 0 atom stereocenters. The maximum atomic E-state index is 5.52. The smallest absolute Gasteiger partial charge is 0.0226 e. The summed E-state index contributed by atoms with van der Waals surface area (Å²) in [7, 11) is 0. The Morgan fingerprint density at radius 3 is 2.45 bits per heavy atom. The summed E-state index contributed by atoms with van der Waals surface area (Å²) in [5, 5.41) is 0. The topological polar surface area (TPSA) is 0 Å². The third-order valence-electron chi connectivity index (χ3n) is 1.35. The molecule has 0 saturated heterocycles. The van der Waals surface area contributed by atoms with Crippen molar-refractivity contribution in [2.45, 2.75) is 32.6 Å². The fraction of sp³-hybridized carbons (Fsp3) is 0.600. The molecule has 0 saturated carbocycles. The summed E-state index contributed by atoms with van der Waals surface area (Å²) in [5.74, 6) is 0.773. The fourth-order valence-corrected chi connectivity index (χ4v) is 0.905. The van der Waals surface area contributed by atoms with E-state index in [2.05, 4.69) is 31.2 Å². The van der Waals surface area contributed by atoms with Gasteiger partial charge in [-0.1, -0.05) is 31.2 Å². The number of alkyl halides is 1. The molecule has 0 aromatic heterocycles. The second-order valence-electron chi connectivity index (χ2n) is 2.42. The van der Waals surface area contributed by atoms with Crippen molar-refractivity contribution in [3.8, 4) is 0 Å². The SMILES string of the molecule is CCC=CCC=CCCCCl. The molecule has 64 valence electrons. The average Bonchev–Trinajstić information content (AvgIpc) is 2.03. The van der Waals surface area contributed by atoms with Crippen LogP contribution in [0.5, 0.6) is 0 Å². The highest BCUT2D eigenvalue weighted by Gasteiger charge is 1.77. The van der Waals surface area contributed by atoms with E-state index in [0.29, 0.717) is 0 Å². The zero-order valence-corrected chi connectivity index (χ0v) is 7.98. The van der Waals surface area contributed by atoms with E-state index in [0.717, 1.165) is 31.6 Å². The van der Waals surface area contributed by atoms with Gasteiger partial charge in [0.05, 0.1) is 0 Å². The van der Waals surface area contributed by atoms with Crippen molar-refractivity contribution in [3.05, 3.63) is 24.3 Å². The summed E-state index contributed by atoms with van der Waals surface area (Å²) in [6, 6.07) is 0. The van der Waals surface area contributed by atoms with Crippen LogP contribution in [0.15, 0.2) is 24.3 Å². The number of unbranched alkanes of at least 4 members (excludes halogenated alkanes) is 1. The molecular weight excluding hydrogens is 156 g/mol. The van der Waals surface area contributed by atoms with E-state index in [9.17, 15) is 0 Å². The van der Waals surface area contributed by atoms with Crippen LogP contribution >= 0.6 is 11.6 Å². The highest BCUT2D eigenvalue weighted by Crippen LogP contribution is 1.95. The quantitative estimate of drug-likeness (QED) is 0.324. The molecule has 0 rings (SSSR count). The Morgan fingerprint density at radius 2 is 1.82 bits per heavy atom.